The van der Waals surface area contributed by atoms with Crippen LogP contribution in [0.2, 0.25) is 5.02 Å². The van der Waals surface area contributed by atoms with Crippen LogP contribution in [0.15, 0.2) is 36.4 Å². The Morgan fingerprint density at radius 3 is 2.86 bits per heavy atom. The monoisotopic (exact) mass is 303 g/mol. The van der Waals surface area contributed by atoms with Gasteiger partial charge in [-0.15, -0.1) is 0 Å². The molecule has 0 bridgehead atoms. The molecule has 0 saturated carbocycles. The molecule has 2 aromatic rings. The molecule has 0 heterocycles. The van der Waals surface area contributed by atoms with Crippen molar-refractivity contribution in [2.75, 3.05) is 12.4 Å². The lowest BCUT2D eigenvalue weighted by atomic mass is 9.87. The predicted molar refractivity (Wildman–Crippen MR) is 85.4 cm³/mol. The maximum atomic E-state index is 9.50. The summed E-state index contributed by atoms with van der Waals surface area (Å²) >= 11 is 5.97. The molecule has 3 nitrogen and oxygen atoms in total. The van der Waals surface area contributed by atoms with Crippen molar-refractivity contribution in [2.45, 2.75) is 25.3 Å². The van der Waals surface area contributed by atoms with Gasteiger partial charge in [-0.1, -0.05) is 17.7 Å². The number of ether oxygens (including phenoxy) is 1. The van der Waals surface area contributed by atoms with E-state index < -0.39 is 0 Å². The van der Waals surface area contributed by atoms with Crippen LogP contribution in [0, 0.1) is 0 Å². The molecule has 1 aliphatic rings. The fourth-order valence-corrected chi connectivity index (χ4v) is 3.03. The van der Waals surface area contributed by atoms with E-state index in [1.54, 1.807) is 19.2 Å². The van der Waals surface area contributed by atoms with Crippen molar-refractivity contribution in [3.8, 4) is 11.5 Å². The number of halogens is 1. The fraction of sp³-hybridized carbons (Fsp3) is 0.294. The minimum atomic E-state index is 0.105. The van der Waals surface area contributed by atoms with Crippen LogP contribution < -0.4 is 10.1 Å². The first-order chi connectivity index (χ1) is 10.2. The third-order valence-electron chi connectivity index (χ3n) is 3.96. The van der Waals surface area contributed by atoms with Gasteiger partial charge in [0, 0.05) is 5.69 Å². The first kappa shape index (κ1) is 14.1. The number of aryl methyl sites for hydroxylation is 1. The first-order valence-electron chi connectivity index (χ1n) is 7.09. The zero-order valence-electron chi connectivity index (χ0n) is 11.9. The highest BCUT2D eigenvalue weighted by atomic mass is 35.5. The molecule has 1 atom stereocenters. The number of phenolic OH excluding ortho intramolecular Hbond substituents is 1. The van der Waals surface area contributed by atoms with Gasteiger partial charge in [-0.05, 0) is 60.7 Å². The van der Waals surface area contributed by atoms with Crippen molar-refractivity contribution < 1.29 is 9.84 Å². The van der Waals surface area contributed by atoms with E-state index in [1.165, 1.54) is 11.1 Å². The van der Waals surface area contributed by atoms with Crippen LogP contribution in [-0.4, -0.2) is 12.2 Å². The Balaban J connectivity index is 1.88. The number of hydrogen-bond donors (Lipinski definition) is 2. The number of nitrogens with one attached hydrogen (secondary N) is 1. The van der Waals surface area contributed by atoms with E-state index in [9.17, 15) is 5.11 Å². The summed E-state index contributed by atoms with van der Waals surface area (Å²) in [5, 5.41) is 13.4. The molecule has 110 valence electrons. The molecule has 0 aliphatic heterocycles. The van der Waals surface area contributed by atoms with Gasteiger partial charge in [-0.2, -0.15) is 0 Å². The van der Waals surface area contributed by atoms with Gasteiger partial charge >= 0.3 is 0 Å². The Labute approximate surface area is 129 Å². The van der Waals surface area contributed by atoms with Crippen molar-refractivity contribution in [1.29, 1.82) is 0 Å². The SMILES string of the molecule is COc1ccc2c(c1)C(Nc1ccc(O)c(Cl)c1)CCC2. The van der Waals surface area contributed by atoms with E-state index in [4.69, 9.17) is 16.3 Å². The van der Waals surface area contributed by atoms with Crippen molar-refractivity contribution in [3.63, 3.8) is 0 Å². The molecule has 0 spiro atoms. The van der Waals surface area contributed by atoms with Crippen LogP contribution in [0.25, 0.3) is 0 Å². The number of hydrogen-bond acceptors (Lipinski definition) is 3. The Bertz CT molecular complexity index is 657. The number of methoxy groups -OCH3 is 1. The van der Waals surface area contributed by atoms with E-state index in [0.717, 1.165) is 30.7 Å². The summed E-state index contributed by atoms with van der Waals surface area (Å²) in [6, 6.07) is 11.7. The molecule has 1 aliphatic carbocycles. The summed E-state index contributed by atoms with van der Waals surface area (Å²) in [7, 11) is 1.69. The summed E-state index contributed by atoms with van der Waals surface area (Å²) in [5.41, 5.74) is 3.56. The Morgan fingerprint density at radius 1 is 1.24 bits per heavy atom. The molecule has 0 radical (unpaired) electrons. The zero-order chi connectivity index (χ0) is 14.8. The molecule has 3 rings (SSSR count). The number of benzene rings is 2. The van der Waals surface area contributed by atoms with Crippen LogP contribution >= 0.6 is 11.6 Å². The van der Waals surface area contributed by atoms with Gasteiger partial charge in [0.15, 0.2) is 0 Å². The smallest absolute Gasteiger partial charge is 0.134 e. The highest BCUT2D eigenvalue weighted by Crippen LogP contribution is 2.36. The average molecular weight is 304 g/mol. The summed E-state index contributed by atoms with van der Waals surface area (Å²) in [4.78, 5) is 0. The van der Waals surface area contributed by atoms with Gasteiger partial charge in [0.05, 0.1) is 18.2 Å². The molecule has 0 amide bonds. The molecule has 0 fully saturated rings. The number of fused-ring (bicyclic) bond motifs is 1. The molecule has 4 heteroatoms. The molecule has 0 aromatic heterocycles. The molecule has 2 N–H and O–H groups in total. The second kappa shape index (κ2) is 5.86. The molecule has 2 aromatic carbocycles. The van der Waals surface area contributed by atoms with Gasteiger partial charge in [-0.3, -0.25) is 0 Å². The third-order valence-corrected chi connectivity index (χ3v) is 4.26. The summed E-state index contributed by atoms with van der Waals surface area (Å²) in [6.07, 6.45) is 3.33. The van der Waals surface area contributed by atoms with E-state index in [0.29, 0.717) is 5.02 Å². The molecular weight excluding hydrogens is 286 g/mol. The maximum absolute atomic E-state index is 9.50. The lowest BCUT2D eigenvalue weighted by molar-refractivity contribution is 0.413. The standard InChI is InChI=1S/C17H18ClNO2/c1-21-13-7-5-11-3-2-4-16(14(11)10-13)19-12-6-8-17(20)15(18)9-12/h5-10,16,19-20H,2-4H2,1H3. The fourth-order valence-electron chi connectivity index (χ4n) is 2.85. The second-order valence-corrected chi connectivity index (χ2v) is 5.73. The van der Waals surface area contributed by atoms with Gasteiger partial charge in [0.25, 0.3) is 0 Å². The minimum absolute atomic E-state index is 0.105. The van der Waals surface area contributed by atoms with Crippen LogP contribution in [0.5, 0.6) is 11.5 Å². The molecular formula is C17H18ClNO2. The summed E-state index contributed by atoms with van der Waals surface area (Å²) in [6.45, 7) is 0. The van der Waals surface area contributed by atoms with Crippen molar-refractivity contribution in [1.82, 2.24) is 0 Å². The van der Waals surface area contributed by atoms with Gasteiger partial charge in [0.2, 0.25) is 0 Å². The Hall–Kier alpha value is -1.87. The largest absolute Gasteiger partial charge is 0.506 e. The molecule has 0 saturated heterocycles. The van der Waals surface area contributed by atoms with E-state index in [2.05, 4.69) is 17.4 Å². The number of anilines is 1. The maximum Gasteiger partial charge on any atom is 0.134 e. The normalized spacial score (nSPS) is 17.1. The van der Waals surface area contributed by atoms with E-state index >= 15 is 0 Å². The molecule has 21 heavy (non-hydrogen) atoms. The van der Waals surface area contributed by atoms with Crippen molar-refractivity contribution in [2.24, 2.45) is 0 Å². The number of rotatable bonds is 3. The third kappa shape index (κ3) is 2.93. The van der Waals surface area contributed by atoms with Gasteiger partial charge in [0.1, 0.15) is 11.5 Å². The van der Waals surface area contributed by atoms with Gasteiger partial charge in [-0.25, -0.2) is 0 Å². The lowest BCUT2D eigenvalue weighted by Crippen LogP contribution is -2.17. The number of aromatic hydroxyl groups is 1. The van der Waals surface area contributed by atoms with Crippen molar-refractivity contribution in [3.05, 3.63) is 52.5 Å². The summed E-state index contributed by atoms with van der Waals surface area (Å²) < 4.78 is 5.33. The second-order valence-electron chi connectivity index (χ2n) is 5.32. The minimum Gasteiger partial charge on any atom is -0.506 e. The van der Waals surface area contributed by atoms with Crippen LogP contribution in [0.1, 0.15) is 30.0 Å². The first-order valence-corrected chi connectivity index (χ1v) is 7.47. The van der Waals surface area contributed by atoms with Crippen molar-refractivity contribution >= 4 is 17.3 Å². The highest BCUT2D eigenvalue weighted by Gasteiger charge is 2.21. The van der Waals surface area contributed by atoms with Crippen LogP contribution in [0.3, 0.4) is 0 Å². The zero-order valence-corrected chi connectivity index (χ0v) is 12.7. The van der Waals surface area contributed by atoms with Gasteiger partial charge < -0.3 is 15.2 Å². The van der Waals surface area contributed by atoms with E-state index in [-0.39, 0.29) is 11.8 Å². The Morgan fingerprint density at radius 2 is 2.10 bits per heavy atom. The topological polar surface area (TPSA) is 41.5 Å². The highest BCUT2D eigenvalue weighted by molar-refractivity contribution is 6.32. The quantitative estimate of drug-likeness (QED) is 0.818. The van der Waals surface area contributed by atoms with Crippen LogP contribution in [-0.2, 0) is 6.42 Å². The predicted octanol–water partition coefficient (Wildman–Crippen LogP) is 4.54. The average Bonchev–Trinajstić information content (AvgIpc) is 2.51. The van der Waals surface area contributed by atoms with E-state index in [1.807, 2.05) is 12.1 Å². The molecule has 1 unspecified atom stereocenters. The van der Waals surface area contributed by atoms with Crippen LogP contribution in [0.4, 0.5) is 5.69 Å². The lowest BCUT2D eigenvalue weighted by Gasteiger charge is -2.27. The summed E-state index contributed by atoms with van der Waals surface area (Å²) in [5.74, 6) is 0.985. The number of phenols is 1. The Kier molecular flexibility index (Phi) is 3.93.